The lowest BCUT2D eigenvalue weighted by Crippen LogP contribution is -2.50. The Hall–Kier alpha value is -5.04. The van der Waals surface area contributed by atoms with Gasteiger partial charge in [0.2, 0.25) is 0 Å². The van der Waals surface area contributed by atoms with Crippen LogP contribution in [0.1, 0.15) is 218 Å². The van der Waals surface area contributed by atoms with E-state index in [4.69, 9.17) is 20.2 Å². The molecule has 0 saturated heterocycles. The maximum Gasteiger partial charge on any atom is 0.189 e. The molecule has 1 aliphatic heterocycles. The Labute approximate surface area is 459 Å². The average Bonchev–Trinajstić information content (AvgIpc) is 4.01. The Morgan fingerprint density at radius 2 is 1.62 bits per heavy atom. The molecule has 9 heteroatoms. The number of carbonyl (C=O) groups excluding carboxylic acids is 1. The van der Waals surface area contributed by atoms with Gasteiger partial charge >= 0.3 is 0 Å². The molecule has 8 aliphatic carbocycles. The zero-order valence-electron chi connectivity index (χ0n) is 46.3. The third-order valence-electron chi connectivity index (χ3n) is 20.9. The van der Waals surface area contributed by atoms with Crippen LogP contribution in [0.25, 0.3) is 0 Å². The number of ether oxygens (including phenoxy) is 2. The minimum atomic E-state index is -0.363. The molecule has 0 aromatic heterocycles. The van der Waals surface area contributed by atoms with Crippen LogP contribution in [0.15, 0.2) is 76.8 Å². The van der Waals surface area contributed by atoms with Crippen LogP contribution in [-0.4, -0.2) is 58.5 Å². The van der Waals surface area contributed by atoms with Crippen molar-refractivity contribution in [3.63, 3.8) is 0 Å². The largest absolute Gasteiger partial charge is 0.508 e. The highest BCUT2D eigenvalue weighted by Crippen LogP contribution is 2.60. The van der Waals surface area contributed by atoms with Gasteiger partial charge in [-0.1, -0.05) is 112 Å². The summed E-state index contributed by atoms with van der Waals surface area (Å²) in [5.41, 5.74) is 16.7. The second-order valence-electron chi connectivity index (χ2n) is 25.9. The molecule has 12 rings (SSSR count). The van der Waals surface area contributed by atoms with Gasteiger partial charge in [-0.25, -0.2) is 4.99 Å². The summed E-state index contributed by atoms with van der Waals surface area (Å²) in [6.45, 7) is 5.26. The van der Waals surface area contributed by atoms with Crippen LogP contribution in [-0.2, 0) is 21.5 Å². The number of guanidine groups is 1. The van der Waals surface area contributed by atoms with Gasteiger partial charge in [0.15, 0.2) is 23.2 Å². The standard InChI is InChI=1S/C68H87N3O6/c1-3-44-35-58-45(32-49(44)39-72)22-23-46(37-62(58)74)57-38-63(77-54-19-8-9-20-54)66(75)65-55(57)21-13-16-51-33-48-36-59-56(26-41(2)27-60(59)64(65)61(48)40-76-53-17-6-4-7-18-53)47-29-43(31-52(73)34-47)28-42-14-12-15-50(30-42)68(71-67(69)70-51)24-10-5-11-25-68/h12,14-15,29-31,34-36,38,41,44-46,48-49,51,53-54,56,60-61,64,72-73,75H,3-11,16-20,22-28,32-33,37,39-40H2,1-2H3,(H3,69,70,71)/t41-,44+,45-,46+,48-,49-,51-,56-,60-,61+,64+/m0/s1. The highest BCUT2D eigenvalue weighted by atomic mass is 16.5. The molecule has 11 atom stereocenters. The van der Waals surface area contributed by atoms with Crippen molar-refractivity contribution in [2.75, 3.05) is 13.2 Å². The number of nitrogens with one attached hydrogen (secondary N) is 1. The molecule has 3 aromatic rings. The van der Waals surface area contributed by atoms with Gasteiger partial charge < -0.3 is 35.8 Å². The topological polar surface area (TPSA) is 147 Å². The van der Waals surface area contributed by atoms with E-state index >= 15 is 0 Å². The Bertz CT molecular complexity index is 2820. The van der Waals surface area contributed by atoms with Gasteiger partial charge in [-0.2, -0.15) is 0 Å². The first kappa shape index (κ1) is 52.6. The van der Waals surface area contributed by atoms with Crippen LogP contribution in [0.2, 0.25) is 0 Å². The Morgan fingerprint density at radius 3 is 2.43 bits per heavy atom. The van der Waals surface area contributed by atoms with Gasteiger partial charge in [0.05, 0.1) is 30.4 Å². The Kier molecular flexibility index (Phi) is 15.5. The number of aromatic hydroxyl groups is 2. The van der Waals surface area contributed by atoms with Gasteiger partial charge in [0, 0.05) is 42.4 Å². The van der Waals surface area contributed by atoms with Crippen LogP contribution >= 0.6 is 0 Å². The summed E-state index contributed by atoms with van der Waals surface area (Å²) in [7, 11) is 0. The predicted octanol–water partition coefficient (Wildman–Crippen LogP) is 13.5. The first-order valence-corrected chi connectivity index (χ1v) is 30.8. The van der Waals surface area contributed by atoms with Crippen LogP contribution in [0.5, 0.6) is 17.2 Å². The molecule has 0 amide bonds. The first-order valence-electron chi connectivity index (χ1n) is 30.8. The highest BCUT2D eigenvalue weighted by molar-refractivity contribution is 5.97. The van der Waals surface area contributed by atoms with E-state index in [1.807, 2.05) is 12.1 Å². The summed E-state index contributed by atoms with van der Waals surface area (Å²) >= 11 is 0. The summed E-state index contributed by atoms with van der Waals surface area (Å²) in [5, 5.41) is 39.7. The van der Waals surface area contributed by atoms with Gasteiger partial charge in [-0.15, -0.1) is 0 Å². The summed E-state index contributed by atoms with van der Waals surface area (Å²) in [4.78, 5) is 20.4. The molecule has 0 unspecified atom stereocenters. The SMILES string of the molecule is CC[C@@H]1C=C2C(=O)C[C@H](c3cc(OC4CCCC4)c(O)c4c3C#CC[C@H]3C[C@H]5C=C6[C@@H](C[C@H](C)C[C@@H]6[C@@H]4[C@@H]5COC4CCCCC4)c4cc(O)cc(c4)Cc4cccc(c4)C4(CCCCC4)NC(N)=N3)CC[C@H]2C[C@H]1CO. The zero-order chi connectivity index (χ0) is 52.8. The van der Waals surface area contributed by atoms with Crippen molar-refractivity contribution in [3.8, 4) is 29.1 Å². The molecule has 3 aromatic carbocycles. The maximum absolute atomic E-state index is 14.9. The van der Waals surface area contributed by atoms with Crippen molar-refractivity contribution in [1.29, 1.82) is 0 Å². The average molecular weight is 1040 g/mol. The number of aliphatic hydroxyl groups excluding tert-OH is 1. The quantitative estimate of drug-likeness (QED) is 0.111. The molecule has 410 valence electrons. The summed E-state index contributed by atoms with van der Waals surface area (Å²) in [6, 6.07) is 17.3. The van der Waals surface area contributed by atoms with Crippen LogP contribution in [0, 0.1) is 53.3 Å². The molecule has 77 heavy (non-hydrogen) atoms. The van der Waals surface area contributed by atoms with Gasteiger partial charge in [0.25, 0.3) is 0 Å². The van der Waals surface area contributed by atoms with Gasteiger partial charge in [-0.3, -0.25) is 4.79 Å². The molecule has 9 nitrogen and oxygen atoms in total. The highest BCUT2D eigenvalue weighted by Gasteiger charge is 2.50. The van der Waals surface area contributed by atoms with Crippen molar-refractivity contribution in [2.45, 2.75) is 209 Å². The smallest absolute Gasteiger partial charge is 0.189 e. The number of carbonyl (C=O) groups is 1. The number of hydrogen-bond acceptors (Lipinski definition) is 9. The summed E-state index contributed by atoms with van der Waals surface area (Å²) < 4.78 is 14.4. The number of Topliss-reactive ketones (excluding diaryl/α,β-unsaturated/α-hetero) is 1. The molecular formula is C68H87N3O6. The normalized spacial score (nSPS) is 32.3. The number of benzene rings is 3. The summed E-state index contributed by atoms with van der Waals surface area (Å²) in [6.07, 6.45) is 27.8. The molecular weight excluding hydrogens is 955 g/mol. The monoisotopic (exact) mass is 1040 g/mol. The van der Waals surface area contributed by atoms with Crippen LogP contribution in [0.3, 0.4) is 0 Å². The second-order valence-corrected chi connectivity index (χ2v) is 25.9. The minimum absolute atomic E-state index is 0.00478. The number of hydrogen-bond donors (Lipinski definition) is 5. The van der Waals surface area contributed by atoms with E-state index < -0.39 is 0 Å². The van der Waals surface area contributed by atoms with Crippen molar-refractivity contribution in [3.05, 3.63) is 111 Å². The number of phenols is 2. The van der Waals surface area contributed by atoms with E-state index in [0.717, 1.165) is 143 Å². The predicted molar refractivity (Wildman–Crippen MR) is 305 cm³/mol. The Morgan fingerprint density at radius 1 is 0.844 bits per heavy atom. The van der Waals surface area contributed by atoms with Crippen LogP contribution in [0.4, 0.5) is 0 Å². The van der Waals surface area contributed by atoms with E-state index in [9.17, 15) is 20.1 Å². The molecule has 5 fully saturated rings. The van der Waals surface area contributed by atoms with Crippen molar-refractivity contribution >= 4 is 11.7 Å². The number of allylic oxidation sites excluding steroid dienone is 4. The number of aliphatic hydroxyl groups is 1. The molecule has 9 aliphatic rings. The third kappa shape index (κ3) is 10.8. The van der Waals surface area contributed by atoms with E-state index in [1.54, 1.807) is 0 Å². The molecule has 8 bridgehead atoms. The number of ketones is 1. The third-order valence-corrected chi connectivity index (χ3v) is 20.9. The number of aliphatic imine (C=N–C) groups is 1. The molecule has 5 saturated carbocycles. The number of nitrogens with two attached hydrogens (primary N) is 1. The van der Waals surface area contributed by atoms with E-state index in [1.165, 1.54) is 42.4 Å². The Balaban J connectivity index is 1.08. The van der Waals surface area contributed by atoms with Gasteiger partial charge in [0.1, 0.15) is 5.75 Å². The summed E-state index contributed by atoms with van der Waals surface area (Å²) in [5.74, 6) is 9.88. The minimum Gasteiger partial charge on any atom is -0.508 e. The fourth-order valence-corrected chi connectivity index (χ4v) is 17.1. The lowest BCUT2D eigenvalue weighted by Gasteiger charge is -2.50. The van der Waals surface area contributed by atoms with Crippen molar-refractivity contribution < 1.29 is 29.6 Å². The number of nitrogens with zero attached hydrogens (tertiary/aromatic N) is 1. The maximum atomic E-state index is 14.9. The lowest BCUT2D eigenvalue weighted by molar-refractivity contribution is -0.116. The van der Waals surface area contributed by atoms with E-state index in [0.29, 0.717) is 49.2 Å². The second kappa shape index (κ2) is 22.6. The number of fused-ring (bicyclic) bond motifs is 12. The van der Waals surface area contributed by atoms with Crippen molar-refractivity contribution in [2.24, 2.45) is 52.2 Å². The number of rotatable bonds is 8. The lowest BCUT2D eigenvalue weighted by atomic mass is 9.55. The van der Waals surface area contributed by atoms with Gasteiger partial charge in [-0.05, 0) is 202 Å². The fraction of sp³-hybridized carbons (Fsp3) is 0.618. The van der Waals surface area contributed by atoms with Crippen molar-refractivity contribution in [1.82, 2.24) is 5.32 Å². The molecule has 1 spiro atoms. The zero-order valence-corrected chi connectivity index (χ0v) is 46.3. The first-order chi connectivity index (χ1) is 37.5. The van der Waals surface area contributed by atoms with E-state index in [-0.39, 0.29) is 95.2 Å². The fourth-order valence-electron chi connectivity index (χ4n) is 17.1. The van der Waals surface area contributed by atoms with E-state index in [2.05, 4.69) is 79.6 Å². The molecule has 0 radical (unpaired) electrons. The van der Waals surface area contributed by atoms with Crippen LogP contribution < -0.4 is 15.8 Å². The molecule has 1 heterocycles. The number of phenolic OH excluding ortho intramolecular Hbond substituents is 2. The molecule has 6 N–H and O–H groups in total.